The summed E-state index contributed by atoms with van der Waals surface area (Å²) in [5, 5.41) is 4.07. The molecule has 3 nitrogen and oxygen atoms in total. The fraction of sp³-hybridized carbons (Fsp3) is 0.471. The van der Waals surface area contributed by atoms with Gasteiger partial charge in [0, 0.05) is 23.6 Å². The number of benzene rings is 1. The van der Waals surface area contributed by atoms with Crippen molar-refractivity contribution in [3.8, 4) is 0 Å². The molecule has 0 saturated carbocycles. The van der Waals surface area contributed by atoms with Crippen LogP contribution < -0.4 is 5.32 Å². The minimum Gasteiger partial charge on any atom is -0.360 e. The molecule has 108 valence electrons. The maximum absolute atomic E-state index is 12.3. The molecule has 2 aromatic rings. The molecule has 0 aliphatic heterocycles. The topological polar surface area (TPSA) is 44.9 Å². The highest BCUT2D eigenvalue weighted by Crippen LogP contribution is 2.18. The summed E-state index contributed by atoms with van der Waals surface area (Å²) in [6.07, 6.45) is 6.57. The number of aromatic amines is 1. The summed E-state index contributed by atoms with van der Waals surface area (Å²) in [6.45, 7) is 5.17. The zero-order chi connectivity index (χ0) is 14.4. The van der Waals surface area contributed by atoms with Crippen LogP contribution in [-0.2, 0) is 0 Å². The number of hydrogen-bond donors (Lipinski definition) is 2. The molecule has 0 spiro atoms. The van der Waals surface area contributed by atoms with E-state index in [1.165, 1.54) is 19.3 Å². The quantitative estimate of drug-likeness (QED) is 0.782. The van der Waals surface area contributed by atoms with Gasteiger partial charge in [-0.25, -0.2) is 0 Å². The molecule has 1 aromatic heterocycles. The Balaban J connectivity index is 1.98. The molecule has 0 saturated heterocycles. The zero-order valence-corrected chi connectivity index (χ0v) is 12.4. The number of aromatic nitrogens is 1. The Kier molecular flexibility index (Phi) is 5.22. The lowest BCUT2D eigenvalue weighted by atomic mass is 9.99. The summed E-state index contributed by atoms with van der Waals surface area (Å²) in [5.41, 5.74) is 1.75. The van der Waals surface area contributed by atoms with Crippen LogP contribution in [0.2, 0.25) is 0 Å². The second-order valence-electron chi connectivity index (χ2n) is 5.37. The number of hydrogen-bond acceptors (Lipinski definition) is 1. The lowest BCUT2D eigenvalue weighted by molar-refractivity contribution is 0.0947. The summed E-state index contributed by atoms with van der Waals surface area (Å²) >= 11 is 0. The number of para-hydroxylation sites is 1. The van der Waals surface area contributed by atoms with Crippen molar-refractivity contribution in [3.63, 3.8) is 0 Å². The van der Waals surface area contributed by atoms with Gasteiger partial charge in [0.25, 0.3) is 5.91 Å². The number of H-pyrrole nitrogens is 1. The summed E-state index contributed by atoms with van der Waals surface area (Å²) < 4.78 is 0. The monoisotopic (exact) mass is 272 g/mol. The van der Waals surface area contributed by atoms with E-state index in [4.69, 9.17) is 0 Å². The second-order valence-corrected chi connectivity index (χ2v) is 5.37. The number of carbonyl (C=O) groups excluding carboxylic acids is 1. The van der Waals surface area contributed by atoms with Crippen molar-refractivity contribution in [1.29, 1.82) is 0 Å². The van der Waals surface area contributed by atoms with E-state index in [1.54, 1.807) is 6.20 Å². The molecule has 0 fully saturated rings. The maximum Gasteiger partial charge on any atom is 0.253 e. The van der Waals surface area contributed by atoms with Gasteiger partial charge < -0.3 is 10.3 Å². The molecule has 0 radical (unpaired) electrons. The van der Waals surface area contributed by atoms with Gasteiger partial charge >= 0.3 is 0 Å². The molecule has 1 unspecified atom stereocenters. The Morgan fingerprint density at radius 3 is 2.85 bits per heavy atom. The summed E-state index contributed by atoms with van der Waals surface area (Å²) in [7, 11) is 0. The van der Waals surface area contributed by atoms with E-state index in [9.17, 15) is 4.79 Å². The third-order valence-electron chi connectivity index (χ3n) is 3.93. The van der Waals surface area contributed by atoms with Gasteiger partial charge in [-0.15, -0.1) is 0 Å². The standard InChI is InChI=1S/C17H24N2O/c1-3-5-8-13(4-2)11-19-17(20)15-12-18-16-10-7-6-9-14(15)16/h6-7,9-10,12-13,18H,3-5,8,11H2,1-2H3,(H,19,20). The van der Waals surface area contributed by atoms with Gasteiger partial charge in [0.15, 0.2) is 0 Å². The van der Waals surface area contributed by atoms with E-state index in [0.29, 0.717) is 5.92 Å². The number of nitrogens with one attached hydrogen (secondary N) is 2. The minimum atomic E-state index is 0.0254. The van der Waals surface area contributed by atoms with Crippen LogP contribution in [0.4, 0.5) is 0 Å². The van der Waals surface area contributed by atoms with Crippen molar-refractivity contribution in [2.45, 2.75) is 39.5 Å². The highest BCUT2D eigenvalue weighted by molar-refractivity contribution is 6.06. The zero-order valence-electron chi connectivity index (χ0n) is 12.4. The first-order valence-corrected chi connectivity index (χ1v) is 7.60. The summed E-state index contributed by atoms with van der Waals surface area (Å²) in [5.74, 6) is 0.613. The third kappa shape index (κ3) is 3.41. The van der Waals surface area contributed by atoms with Gasteiger partial charge in [-0.3, -0.25) is 4.79 Å². The van der Waals surface area contributed by atoms with Crippen molar-refractivity contribution in [2.24, 2.45) is 5.92 Å². The molecular weight excluding hydrogens is 248 g/mol. The molecule has 1 amide bonds. The second kappa shape index (κ2) is 7.13. The highest BCUT2D eigenvalue weighted by Gasteiger charge is 2.13. The average Bonchev–Trinajstić information content (AvgIpc) is 2.91. The SMILES string of the molecule is CCCCC(CC)CNC(=O)c1c[nH]c2ccccc12. The number of fused-ring (bicyclic) bond motifs is 1. The Bertz CT molecular complexity index is 559. The first kappa shape index (κ1) is 14.6. The fourth-order valence-corrected chi connectivity index (χ4v) is 2.53. The molecular formula is C17H24N2O. The molecule has 2 N–H and O–H groups in total. The predicted molar refractivity (Wildman–Crippen MR) is 83.9 cm³/mol. The van der Waals surface area contributed by atoms with Crippen molar-refractivity contribution in [1.82, 2.24) is 10.3 Å². The van der Waals surface area contributed by atoms with Crippen LogP contribution in [0, 0.1) is 5.92 Å². The minimum absolute atomic E-state index is 0.0254. The average molecular weight is 272 g/mol. The van der Waals surface area contributed by atoms with Crippen molar-refractivity contribution in [2.75, 3.05) is 6.54 Å². The smallest absolute Gasteiger partial charge is 0.253 e. The van der Waals surface area contributed by atoms with Crippen LogP contribution in [0.5, 0.6) is 0 Å². The largest absolute Gasteiger partial charge is 0.360 e. The van der Waals surface area contributed by atoms with E-state index in [-0.39, 0.29) is 5.91 Å². The Hall–Kier alpha value is -1.77. The normalized spacial score (nSPS) is 12.5. The van der Waals surface area contributed by atoms with Gasteiger partial charge in [-0.1, -0.05) is 51.3 Å². The Morgan fingerprint density at radius 1 is 1.30 bits per heavy atom. The lowest BCUT2D eigenvalue weighted by Gasteiger charge is -2.15. The fourth-order valence-electron chi connectivity index (χ4n) is 2.53. The van der Waals surface area contributed by atoms with Crippen LogP contribution in [0.3, 0.4) is 0 Å². The van der Waals surface area contributed by atoms with E-state index in [0.717, 1.165) is 29.4 Å². The molecule has 1 heterocycles. The van der Waals surface area contributed by atoms with Gasteiger partial charge in [0.05, 0.1) is 5.56 Å². The van der Waals surface area contributed by atoms with E-state index < -0.39 is 0 Å². The van der Waals surface area contributed by atoms with E-state index in [2.05, 4.69) is 24.1 Å². The third-order valence-corrected chi connectivity index (χ3v) is 3.93. The van der Waals surface area contributed by atoms with Crippen LogP contribution in [0.25, 0.3) is 10.9 Å². The van der Waals surface area contributed by atoms with Gasteiger partial charge in [0.1, 0.15) is 0 Å². The Labute approximate surface area is 120 Å². The van der Waals surface area contributed by atoms with Gasteiger partial charge in [-0.2, -0.15) is 0 Å². The number of rotatable bonds is 7. The number of carbonyl (C=O) groups is 1. The van der Waals surface area contributed by atoms with Crippen LogP contribution >= 0.6 is 0 Å². The lowest BCUT2D eigenvalue weighted by Crippen LogP contribution is -2.29. The van der Waals surface area contributed by atoms with Crippen LogP contribution in [-0.4, -0.2) is 17.4 Å². The summed E-state index contributed by atoms with van der Waals surface area (Å²) in [6, 6.07) is 7.90. The molecule has 0 bridgehead atoms. The van der Waals surface area contributed by atoms with E-state index >= 15 is 0 Å². The van der Waals surface area contributed by atoms with Crippen molar-refractivity contribution in [3.05, 3.63) is 36.0 Å². The number of amides is 1. The molecule has 2 rings (SSSR count). The molecule has 0 aliphatic carbocycles. The first-order chi connectivity index (χ1) is 9.76. The van der Waals surface area contributed by atoms with Crippen LogP contribution in [0.1, 0.15) is 49.9 Å². The molecule has 1 aromatic carbocycles. The van der Waals surface area contributed by atoms with E-state index in [1.807, 2.05) is 24.3 Å². The Morgan fingerprint density at radius 2 is 2.10 bits per heavy atom. The number of unbranched alkanes of at least 4 members (excludes halogenated alkanes) is 1. The maximum atomic E-state index is 12.3. The predicted octanol–water partition coefficient (Wildman–Crippen LogP) is 4.11. The highest BCUT2D eigenvalue weighted by atomic mass is 16.1. The van der Waals surface area contributed by atoms with Crippen molar-refractivity contribution >= 4 is 16.8 Å². The van der Waals surface area contributed by atoms with Crippen LogP contribution in [0.15, 0.2) is 30.5 Å². The molecule has 3 heteroatoms. The molecule has 1 atom stereocenters. The van der Waals surface area contributed by atoms with Crippen molar-refractivity contribution < 1.29 is 4.79 Å². The summed E-state index contributed by atoms with van der Waals surface area (Å²) in [4.78, 5) is 15.4. The van der Waals surface area contributed by atoms with Gasteiger partial charge in [0.2, 0.25) is 0 Å². The molecule has 20 heavy (non-hydrogen) atoms. The molecule has 0 aliphatic rings. The van der Waals surface area contributed by atoms with Gasteiger partial charge in [-0.05, 0) is 18.4 Å². The first-order valence-electron chi connectivity index (χ1n) is 7.60.